The average molecular weight is 331 g/mol. The Hall–Kier alpha value is -2.80. The molecule has 0 amide bonds. The zero-order chi connectivity index (χ0) is 16.9. The van der Waals surface area contributed by atoms with E-state index in [1.807, 2.05) is 0 Å². The van der Waals surface area contributed by atoms with Crippen LogP contribution < -0.4 is 10.1 Å². The first-order valence-electron chi connectivity index (χ1n) is 7.26. The number of nitrogens with one attached hydrogen (secondary N) is 1. The molecule has 5 nitrogen and oxygen atoms in total. The number of aromatic nitrogens is 2. The third kappa shape index (κ3) is 3.41. The maximum absolute atomic E-state index is 14.1. The number of fused-ring (bicyclic) bond motifs is 1. The lowest BCUT2D eigenvalue weighted by atomic mass is 10.2. The predicted molar refractivity (Wildman–Crippen MR) is 86.5 cm³/mol. The van der Waals surface area contributed by atoms with Gasteiger partial charge in [0.25, 0.3) is 0 Å². The molecule has 0 fully saturated rings. The minimum Gasteiger partial charge on any atom is -0.488 e. The van der Waals surface area contributed by atoms with E-state index in [-0.39, 0.29) is 17.9 Å². The van der Waals surface area contributed by atoms with Gasteiger partial charge in [-0.15, -0.1) is 0 Å². The van der Waals surface area contributed by atoms with Gasteiger partial charge in [-0.05, 0) is 24.3 Å². The topological polar surface area (TPSA) is 56.3 Å². The molecule has 0 aliphatic heterocycles. The van der Waals surface area contributed by atoms with Gasteiger partial charge >= 0.3 is 0 Å². The largest absolute Gasteiger partial charge is 0.488 e. The highest BCUT2D eigenvalue weighted by Gasteiger charge is 2.09. The molecule has 124 valence electrons. The maximum Gasteiger partial charge on any atom is 0.167 e. The van der Waals surface area contributed by atoms with E-state index in [1.165, 1.54) is 24.5 Å². The molecule has 0 bridgehead atoms. The summed E-state index contributed by atoms with van der Waals surface area (Å²) in [6.07, 6.45) is 1.26. The molecule has 0 atom stereocenters. The number of hydrogen-bond acceptors (Lipinski definition) is 5. The van der Waals surface area contributed by atoms with Gasteiger partial charge in [0.15, 0.2) is 11.6 Å². The summed E-state index contributed by atoms with van der Waals surface area (Å²) >= 11 is 0. The second kappa shape index (κ2) is 7.18. The van der Waals surface area contributed by atoms with Crippen molar-refractivity contribution in [3.8, 4) is 5.75 Å². The lowest BCUT2D eigenvalue weighted by Crippen LogP contribution is -2.05. The van der Waals surface area contributed by atoms with Gasteiger partial charge in [0.05, 0.1) is 6.61 Å². The summed E-state index contributed by atoms with van der Waals surface area (Å²) in [5.74, 6) is -0.421. The predicted octanol–water partition coefficient (Wildman–Crippen LogP) is 3.68. The Kier molecular flexibility index (Phi) is 4.81. The zero-order valence-corrected chi connectivity index (χ0v) is 12.9. The van der Waals surface area contributed by atoms with E-state index < -0.39 is 11.6 Å². The van der Waals surface area contributed by atoms with Crippen molar-refractivity contribution in [1.82, 2.24) is 9.97 Å². The third-order valence-electron chi connectivity index (χ3n) is 3.36. The molecule has 0 saturated carbocycles. The smallest absolute Gasteiger partial charge is 0.167 e. The van der Waals surface area contributed by atoms with Crippen LogP contribution in [0.4, 0.5) is 20.3 Å². The number of hydrogen-bond donors (Lipinski definition) is 1. The van der Waals surface area contributed by atoms with Gasteiger partial charge in [-0.25, -0.2) is 18.7 Å². The molecule has 0 aliphatic carbocycles. The Morgan fingerprint density at radius 1 is 1.04 bits per heavy atom. The minimum absolute atomic E-state index is 0.135. The van der Waals surface area contributed by atoms with E-state index in [0.29, 0.717) is 23.5 Å². The van der Waals surface area contributed by atoms with Gasteiger partial charge in [0.2, 0.25) is 0 Å². The van der Waals surface area contributed by atoms with E-state index in [4.69, 9.17) is 9.47 Å². The van der Waals surface area contributed by atoms with Gasteiger partial charge in [0, 0.05) is 24.2 Å². The third-order valence-corrected chi connectivity index (χ3v) is 3.36. The highest BCUT2D eigenvalue weighted by molar-refractivity contribution is 5.90. The Bertz CT molecular complexity index is 858. The van der Waals surface area contributed by atoms with Crippen LogP contribution in [0, 0.1) is 11.6 Å². The van der Waals surface area contributed by atoms with Crippen molar-refractivity contribution in [2.75, 3.05) is 25.6 Å². The van der Waals surface area contributed by atoms with Crippen molar-refractivity contribution in [2.45, 2.75) is 0 Å². The second-order valence-electron chi connectivity index (χ2n) is 4.97. The molecule has 0 unspecified atom stereocenters. The van der Waals surface area contributed by atoms with Gasteiger partial charge in [-0.2, -0.15) is 0 Å². The van der Waals surface area contributed by atoms with Crippen LogP contribution in [0.5, 0.6) is 5.75 Å². The molecule has 0 saturated heterocycles. The minimum atomic E-state index is -0.513. The first-order chi connectivity index (χ1) is 11.7. The first kappa shape index (κ1) is 16.1. The van der Waals surface area contributed by atoms with Crippen LogP contribution in [0.1, 0.15) is 0 Å². The van der Waals surface area contributed by atoms with E-state index in [1.54, 1.807) is 25.3 Å². The fourth-order valence-electron chi connectivity index (χ4n) is 2.22. The van der Waals surface area contributed by atoms with Crippen LogP contribution in [0.2, 0.25) is 0 Å². The fourth-order valence-corrected chi connectivity index (χ4v) is 2.22. The first-order valence-corrected chi connectivity index (χ1v) is 7.26. The Balaban J connectivity index is 1.84. The molecule has 24 heavy (non-hydrogen) atoms. The molecule has 0 aliphatic rings. The molecule has 1 aromatic heterocycles. The lowest BCUT2D eigenvalue weighted by molar-refractivity contribution is 0.144. The number of halogens is 2. The number of rotatable bonds is 6. The molecular formula is C17H15F2N3O2. The molecule has 3 rings (SSSR count). The molecule has 3 aromatic rings. The molecule has 1 heterocycles. The van der Waals surface area contributed by atoms with Gasteiger partial charge in [-0.3, -0.25) is 0 Å². The van der Waals surface area contributed by atoms with E-state index >= 15 is 0 Å². The van der Waals surface area contributed by atoms with Crippen LogP contribution in [0.3, 0.4) is 0 Å². The molecule has 1 N–H and O–H groups in total. The van der Waals surface area contributed by atoms with Gasteiger partial charge in [-0.1, -0.05) is 6.07 Å². The normalized spacial score (nSPS) is 10.8. The van der Waals surface area contributed by atoms with E-state index in [9.17, 15) is 8.78 Å². The number of benzene rings is 2. The molecule has 7 heteroatoms. The number of para-hydroxylation sites is 1. The van der Waals surface area contributed by atoms with Crippen molar-refractivity contribution in [1.29, 1.82) is 0 Å². The van der Waals surface area contributed by atoms with Crippen LogP contribution in [-0.2, 0) is 4.74 Å². The molecule has 0 spiro atoms. The van der Waals surface area contributed by atoms with Crippen LogP contribution >= 0.6 is 0 Å². The van der Waals surface area contributed by atoms with Crippen molar-refractivity contribution in [2.24, 2.45) is 0 Å². The number of nitrogens with zero attached hydrogens (tertiary/aromatic N) is 2. The maximum atomic E-state index is 14.1. The summed E-state index contributed by atoms with van der Waals surface area (Å²) in [7, 11) is 1.54. The summed E-state index contributed by atoms with van der Waals surface area (Å²) in [6.45, 7) is 0.633. The van der Waals surface area contributed by atoms with Crippen molar-refractivity contribution in [3.05, 3.63) is 54.4 Å². The van der Waals surface area contributed by atoms with Crippen molar-refractivity contribution in [3.63, 3.8) is 0 Å². The molecular weight excluding hydrogens is 316 g/mol. The fraction of sp³-hybridized carbons (Fsp3) is 0.176. The summed E-state index contributed by atoms with van der Waals surface area (Å²) < 4.78 is 37.9. The number of ether oxygens (including phenoxy) is 2. The Morgan fingerprint density at radius 2 is 1.92 bits per heavy atom. The molecule has 0 radical (unpaired) electrons. The summed E-state index contributed by atoms with van der Waals surface area (Å²) in [4.78, 5) is 8.02. The van der Waals surface area contributed by atoms with E-state index in [0.717, 1.165) is 0 Å². The van der Waals surface area contributed by atoms with Crippen LogP contribution in [0.25, 0.3) is 10.9 Å². The zero-order valence-electron chi connectivity index (χ0n) is 12.9. The Labute approximate surface area is 137 Å². The van der Waals surface area contributed by atoms with Crippen molar-refractivity contribution >= 4 is 22.4 Å². The lowest BCUT2D eigenvalue weighted by Gasteiger charge is -2.11. The highest BCUT2D eigenvalue weighted by Crippen LogP contribution is 2.27. The van der Waals surface area contributed by atoms with Gasteiger partial charge < -0.3 is 14.8 Å². The highest BCUT2D eigenvalue weighted by atomic mass is 19.1. The summed E-state index contributed by atoms with van der Waals surface area (Å²) in [5, 5.41) is 3.48. The van der Waals surface area contributed by atoms with Crippen LogP contribution in [0.15, 0.2) is 42.7 Å². The quantitative estimate of drug-likeness (QED) is 0.698. The second-order valence-corrected chi connectivity index (χ2v) is 4.97. The average Bonchev–Trinajstić information content (AvgIpc) is 2.58. The number of methoxy groups -OCH3 is 1. The standard InChI is InChI=1S/C17H15F2N3O2/c1-23-7-8-24-15-6-5-11(9-14(15)19)22-17-12-3-2-4-13(18)16(12)20-10-21-17/h2-6,9-10H,7-8H2,1H3,(H,20,21,22). The van der Waals surface area contributed by atoms with Gasteiger partial charge in [0.1, 0.15) is 30.1 Å². The van der Waals surface area contributed by atoms with Crippen molar-refractivity contribution < 1.29 is 18.3 Å². The summed E-state index contributed by atoms with van der Waals surface area (Å²) in [6, 6.07) is 9.04. The van der Waals surface area contributed by atoms with E-state index in [2.05, 4.69) is 15.3 Å². The summed E-state index contributed by atoms with van der Waals surface area (Å²) in [5.41, 5.74) is 0.672. The number of anilines is 2. The SMILES string of the molecule is COCCOc1ccc(Nc2ncnc3c(F)cccc23)cc1F. The Morgan fingerprint density at radius 3 is 2.71 bits per heavy atom. The van der Waals surface area contributed by atoms with Crippen LogP contribution in [-0.4, -0.2) is 30.3 Å². The monoisotopic (exact) mass is 331 g/mol. The molecule has 2 aromatic carbocycles.